The summed E-state index contributed by atoms with van der Waals surface area (Å²) in [5, 5.41) is 8.18. The number of hydrogen-bond acceptors (Lipinski definition) is 5. The first-order valence-electron chi connectivity index (χ1n) is 7.90. The van der Waals surface area contributed by atoms with Crippen LogP contribution in [0.15, 0.2) is 24.3 Å². The number of nitrogens with two attached hydrogens (primary N) is 1. The molecule has 0 bridgehead atoms. The summed E-state index contributed by atoms with van der Waals surface area (Å²) in [6.45, 7) is 1.41. The van der Waals surface area contributed by atoms with E-state index in [0.29, 0.717) is 17.9 Å². The van der Waals surface area contributed by atoms with Crippen LogP contribution in [-0.2, 0) is 14.3 Å². The Morgan fingerprint density at radius 1 is 1.29 bits per heavy atom. The number of methoxy groups -OCH3 is 1. The second-order valence-corrected chi connectivity index (χ2v) is 5.60. The fourth-order valence-corrected chi connectivity index (χ4v) is 2.31. The molecule has 1 aromatic rings. The molecular weight excluding hydrogens is 312 g/mol. The van der Waals surface area contributed by atoms with Gasteiger partial charge in [0, 0.05) is 31.6 Å². The standard InChI is InChI=1S/C16H24N4O4/c1-23-10-14(17)15(21)19-11-4-6-12(7-5-11)20-16(22)18-9-13-3-2-8-24-13/h4-7,13-14H,2-3,8-10,17H2,1H3,(H,19,21)(H2,18,20,22). The lowest BCUT2D eigenvalue weighted by molar-refractivity contribution is -0.118. The molecule has 1 aliphatic rings. The second kappa shape index (κ2) is 9.21. The molecule has 1 heterocycles. The molecule has 2 atom stereocenters. The minimum Gasteiger partial charge on any atom is -0.383 e. The summed E-state index contributed by atoms with van der Waals surface area (Å²) >= 11 is 0. The molecule has 0 radical (unpaired) electrons. The minimum atomic E-state index is -0.726. The molecule has 5 N–H and O–H groups in total. The highest BCUT2D eigenvalue weighted by atomic mass is 16.5. The number of carbonyl (C=O) groups excluding carboxylic acids is 2. The molecule has 2 unspecified atom stereocenters. The summed E-state index contributed by atoms with van der Waals surface area (Å²) in [6, 6.07) is 5.76. The molecule has 8 nitrogen and oxygen atoms in total. The van der Waals surface area contributed by atoms with E-state index in [1.807, 2.05) is 0 Å². The van der Waals surface area contributed by atoms with Gasteiger partial charge in [0.1, 0.15) is 6.04 Å². The molecule has 1 aliphatic heterocycles. The monoisotopic (exact) mass is 336 g/mol. The van der Waals surface area contributed by atoms with Crippen LogP contribution in [0.3, 0.4) is 0 Å². The molecule has 0 aliphatic carbocycles. The van der Waals surface area contributed by atoms with Crippen LogP contribution in [0, 0.1) is 0 Å². The van der Waals surface area contributed by atoms with Gasteiger partial charge in [-0.3, -0.25) is 4.79 Å². The fourth-order valence-electron chi connectivity index (χ4n) is 2.31. The smallest absolute Gasteiger partial charge is 0.319 e. The number of anilines is 2. The van der Waals surface area contributed by atoms with E-state index >= 15 is 0 Å². The van der Waals surface area contributed by atoms with Crippen LogP contribution in [0.2, 0.25) is 0 Å². The van der Waals surface area contributed by atoms with Gasteiger partial charge in [0.2, 0.25) is 5.91 Å². The van der Waals surface area contributed by atoms with Gasteiger partial charge in [-0.1, -0.05) is 0 Å². The Morgan fingerprint density at radius 3 is 2.54 bits per heavy atom. The van der Waals surface area contributed by atoms with Crippen LogP contribution in [0.25, 0.3) is 0 Å². The largest absolute Gasteiger partial charge is 0.383 e. The molecular formula is C16H24N4O4. The number of benzene rings is 1. The third kappa shape index (κ3) is 5.80. The van der Waals surface area contributed by atoms with Crippen molar-refractivity contribution in [3.63, 3.8) is 0 Å². The number of ether oxygens (including phenoxy) is 2. The quantitative estimate of drug-likeness (QED) is 0.590. The lowest BCUT2D eigenvalue weighted by atomic mass is 10.2. The van der Waals surface area contributed by atoms with E-state index in [-0.39, 0.29) is 24.6 Å². The number of hydrogen-bond donors (Lipinski definition) is 4. The molecule has 0 saturated carbocycles. The molecule has 0 aromatic heterocycles. The molecule has 8 heteroatoms. The number of carbonyl (C=O) groups is 2. The Bertz CT molecular complexity index is 544. The molecule has 3 amide bonds. The predicted molar refractivity (Wildman–Crippen MR) is 90.9 cm³/mol. The summed E-state index contributed by atoms with van der Waals surface area (Å²) in [7, 11) is 1.48. The Balaban J connectivity index is 1.76. The summed E-state index contributed by atoms with van der Waals surface area (Å²) in [4.78, 5) is 23.6. The maximum absolute atomic E-state index is 11.8. The number of nitrogens with one attached hydrogen (secondary N) is 3. The zero-order valence-corrected chi connectivity index (χ0v) is 13.7. The van der Waals surface area contributed by atoms with Gasteiger partial charge in [0.15, 0.2) is 0 Å². The molecule has 1 aromatic carbocycles. The molecule has 2 rings (SSSR count). The lowest BCUT2D eigenvalue weighted by Gasteiger charge is -2.13. The van der Waals surface area contributed by atoms with Crippen molar-refractivity contribution in [3.8, 4) is 0 Å². The summed E-state index contributed by atoms with van der Waals surface area (Å²) in [5.41, 5.74) is 6.86. The zero-order valence-electron chi connectivity index (χ0n) is 13.7. The van der Waals surface area contributed by atoms with Crippen molar-refractivity contribution in [2.75, 3.05) is 37.5 Å². The third-order valence-electron chi connectivity index (χ3n) is 3.61. The number of urea groups is 1. The maximum Gasteiger partial charge on any atom is 0.319 e. The van der Waals surface area contributed by atoms with Crippen molar-refractivity contribution in [2.24, 2.45) is 5.73 Å². The van der Waals surface area contributed by atoms with E-state index in [1.165, 1.54) is 7.11 Å². The summed E-state index contributed by atoms with van der Waals surface area (Å²) in [6.07, 6.45) is 2.11. The van der Waals surface area contributed by atoms with Gasteiger partial charge in [0.25, 0.3) is 0 Å². The highest BCUT2D eigenvalue weighted by molar-refractivity contribution is 5.95. The first-order valence-corrected chi connectivity index (χ1v) is 7.90. The first-order chi connectivity index (χ1) is 11.6. The molecule has 24 heavy (non-hydrogen) atoms. The van der Waals surface area contributed by atoms with E-state index in [9.17, 15) is 9.59 Å². The van der Waals surface area contributed by atoms with Gasteiger partial charge < -0.3 is 31.2 Å². The highest BCUT2D eigenvalue weighted by Gasteiger charge is 2.16. The van der Waals surface area contributed by atoms with E-state index in [0.717, 1.165) is 19.4 Å². The average molecular weight is 336 g/mol. The Labute approximate surface area is 141 Å². The number of rotatable bonds is 7. The van der Waals surface area contributed by atoms with Gasteiger partial charge in [-0.2, -0.15) is 0 Å². The highest BCUT2D eigenvalue weighted by Crippen LogP contribution is 2.14. The van der Waals surface area contributed by atoms with Crippen LogP contribution in [0.5, 0.6) is 0 Å². The first kappa shape index (κ1) is 18.2. The third-order valence-corrected chi connectivity index (χ3v) is 3.61. The molecule has 132 valence electrons. The molecule has 1 saturated heterocycles. The van der Waals surface area contributed by atoms with Crippen molar-refractivity contribution < 1.29 is 19.1 Å². The molecule has 0 spiro atoms. The van der Waals surface area contributed by atoms with Gasteiger partial charge in [-0.25, -0.2) is 4.79 Å². The minimum absolute atomic E-state index is 0.102. The van der Waals surface area contributed by atoms with Gasteiger partial charge in [-0.15, -0.1) is 0 Å². The van der Waals surface area contributed by atoms with Gasteiger partial charge in [-0.05, 0) is 37.1 Å². The van der Waals surface area contributed by atoms with Crippen LogP contribution in [0.1, 0.15) is 12.8 Å². The van der Waals surface area contributed by atoms with Gasteiger partial charge in [0.05, 0.1) is 12.7 Å². The van der Waals surface area contributed by atoms with E-state index < -0.39 is 6.04 Å². The van der Waals surface area contributed by atoms with Crippen LogP contribution in [0.4, 0.5) is 16.2 Å². The Hall–Kier alpha value is -2.16. The van der Waals surface area contributed by atoms with E-state index in [1.54, 1.807) is 24.3 Å². The second-order valence-electron chi connectivity index (χ2n) is 5.60. The Kier molecular flexibility index (Phi) is 6.98. The van der Waals surface area contributed by atoms with Crippen LogP contribution < -0.4 is 21.7 Å². The van der Waals surface area contributed by atoms with Crippen molar-refractivity contribution in [3.05, 3.63) is 24.3 Å². The SMILES string of the molecule is COCC(N)C(=O)Nc1ccc(NC(=O)NCC2CCCO2)cc1. The van der Waals surface area contributed by atoms with E-state index in [2.05, 4.69) is 16.0 Å². The van der Waals surface area contributed by atoms with E-state index in [4.69, 9.17) is 15.2 Å². The van der Waals surface area contributed by atoms with Gasteiger partial charge >= 0.3 is 6.03 Å². The zero-order chi connectivity index (χ0) is 17.4. The normalized spacial score (nSPS) is 18.0. The van der Waals surface area contributed by atoms with Crippen molar-refractivity contribution in [1.82, 2.24) is 5.32 Å². The topological polar surface area (TPSA) is 115 Å². The van der Waals surface area contributed by atoms with Crippen molar-refractivity contribution in [1.29, 1.82) is 0 Å². The fraction of sp³-hybridized carbons (Fsp3) is 0.500. The average Bonchev–Trinajstić information content (AvgIpc) is 3.08. The maximum atomic E-state index is 11.8. The van der Waals surface area contributed by atoms with Crippen molar-refractivity contribution in [2.45, 2.75) is 25.0 Å². The van der Waals surface area contributed by atoms with Crippen LogP contribution in [-0.4, -0.2) is 51.0 Å². The Morgan fingerprint density at radius 2 is 1.96 bits per heavy atom. The lowest BCUT2D eigenvalue weighted by Crippen LogP contribution is -2.39. The number of amides is 3. The van der Waals surface area contributed by atoms with Crippen molar-refractivity contribution >= 4 is 23.3 Å². The molecule has 1 fully saturated rings. The predicted octanol–water partition coefficient (Wildman–Crippen LogP) is 0.899. The summed E-state index contributed by atoms with van der Waals surface area (Å²) in [5.74, 6) is -0.327. The van der Waals surface area contributed by atoms with Crippen LogP contribution >= 0.6 is 0 Å². The summed E-state index contributed by atoms with van der Waals surface area (Å²) < 4.78 is 10.3.